The number of ether oxygens (including phenoxy) is 3. The van der Waals surface area contributed by atoms with E-state index >= 15 is 0 Å². The Morgan fingerprint density at radius 1 is 1.00 bits per heavy atom. The molecule has 1 unspecified atom stereocenters. The predicted molar refractivity (Wildman–Crippen MR) is 99.5 cm³/mol. The monoisotopic (exact) mass is 355 g/mol. The zero-order valence-corrected chi connectivity index (χ0v) is 15.7. The second-order valence-electron chi connectivity index (χ2n) is 7.05. The number of benzene rings is 2. The lowest BCUT2D eigenvalue weighted by atomic mass is 9.77. The molecule has 2 aliphatic rings. The van der Waals surface area contributed by atoms with Crippen LogP contribution in [-0.2, 0) is 13.0 Å². The first kappa shape index (κ1) is 17.0. The number of methoxy groups -OCH3 is 3. The number of fused-ring (bicyclic) bond motifs is 4. The Labute approximate surface area is 154 Å². The Hall–Kier alpha value is -2.40. The second kappa shape index (κ2) is 6.40. The zero-order valence-electron chi connectivity index (χ0n) is 15.7. The van der Waals surface area contributed by atoms with Crippen molar-refractivity contribution >= 4 is 0 Å². The standard InChI is InChI=1S/C21H25NO4/c1-12-14-5-6-17(23)21(26-4)16(14)11-22-8-7-13-9-18(24-2)19(25-3)10-15(13)20(12)22/h5-6,9-10,12,20,23H,7-8,11H2,1-4H3/t12-,20?/m0/s1. The molecule has 2 heterocycles. The maximum atomic E-state index is 10.2. The SMILES string of the molecule is COc1cc2c(cc1OC)C1[C@@H](C)c3ccc(O)c(OC)c3CN1CC2. The molecule has 26 heavy (non-hydrogen) atoms. The summed E-state index contributed by atoms with van der Waals surface area (Å²) in [5.74, 6) is 2.65. The van der Waals surface area contributed by atoms with Gasteiger partial charge in [-0.15, -0.1) is 0 Å². The van der Waals surface area contributed by atoms with Gasteiger partial charge in [-0.1, -0.05) is 13.0 Å². The molecular formula is C21H25NO4. The maximum absolute atomic E-state index is 10.2. The average molecular weight is 355 g/mol. The number of phenolic OH excluding ortho intramolecular Hbond substituents is 1. The van der Waals surface area contributed by atoms with Crippen molar-refractivity contribution in [1.82, 2.24) is 4.90 Å². The first-order valence-corrected chi connectivity index (χ1v) is 8.96. The van der Waals surface area contributed by atoms with E-state index in [4.69, 9.17) is 14.2 Å². The Morgan fingerprint density at radius 2 is 1.73 bits per heavy atom. The van der Waals surface area contributed by atoms with Gasteiger partial charge in [0.15, 0.2) is 23.0 Å². The average Bonchev–Trinajstić information content (AvgIpc) is 2.66. The summed E-state index contributed by atoms with van der Waals surface area (Å²) in [6.07, 6.45) is 0.968. The molecule has 0 aliphatic carbocycles. The van der Waals surface area contributed by atoms with Crippen LogP contribution in [0.15, 0.2) is 24.3 Å². The molecule has 1 N–H and O–H groups in total. The van der Waals surface area contributed by atoms with E-state index in [1.165, 1.54) is 16.7 Å². The first-order chi connectivity index (χ1) is 12.6. The van der Waals surface area contributed by atoms with Gasteiger partial charge in [0.1, 0.15) is 0 Å². The summed E-state index contributed by atoms with van der Waals surface area (Å²) in [7, 11) is 4.98. The highest BCUT2D eigenvalue weighted by Gasteiger charge is 2.39. The molecule has 0 fully saturated rings. The molecule has 5 nitrogen and oxygen atoms in total. The third-order valence-corrected chi connectivity index (χ3v) is 5.83. The lowest BCUT2D eigenvalue weighted by molar-refractivity contribution is 0.136. The third-order valence-electron chi connectivity index (χ3n) is 5.83. The number of phenols is 1. The van der Waals surface area contributed by atoms with E-state index in [2.05, 4.69) is 24.0 Å². The minimum Gasteiger partial charge on any atom is -0.504 e. The maximum Gasteiger partial charge on any atom is 0.165 e. The molecule has 2 atom stereocenters. The molecule has 138 valence electrons. The molecule has 0 bridgehead atoms. The molecule has 2 aliphatic heterocycles. The van der Waals surface area contributed by atoms with Crippen LogP contribution in [0.3, 0.4) is 0 Å². The van der Waals surface area contributed by atoms with E-state index in [1.54, 1.807) is 27.4 Å². The summed E-state index contributed by atoms with van der Waals surface area (Å²) in [6, 6.07) is 8.29. The predicted octanol–water partition coefficient (Wildman–Crippen LogP) is 3.63. The fraction of sp³-hybridized carbons (Fsp3) is 0.429. The Kier molecular flexibility index (Phi) is 4.19. The van der Waals surface area contributed by atoms with E-state index in [1.807, 2.05) is 6.07 Å². The number of hydrogen-bond donors (Lipinski definition) is 1. The topological polar surface area (TPSA) is 51.2 Å². The third kappa shape index (κ3) is 2.42. The van der Waals surface area contributed by atoms with Crippen molar-refractivity contribution in [3.63, 3.8) is 0 Å². The van der Waals surface area contributed by atoms with Crippen molar-refractivity contribution in [2.75, 3.05) is 27.9 Å². The number of aromatic hydroxyl groups is 1. The summed E-state index contributed by atoms with van der Waals surface area (Å²) in [5.41, 5.74) is 4.97. The van der Waals surface area contributed by atoms with E-state index in [9.17, 15) is 5.11 Å². The van der Waals surface area contributed by atoms with Gasteiger partial charge < -0.3 is 19.3 Å². The van der Waals surface area contributed by atoms with Crippen LogP contribution < -0.4 is 14.2 Å². The molecule has 0 spiro atoms. The van der Waals surface area contributed by atoms with E-state index < -0.39 is 0 Å². The van der Waals surface area contributed by atoms with Gasteiger partial charge >= 0.3 is 0 Å². The minimum absolute atomic E-state index is 0.209. The van der Waals surface area contributed by atoms with Crippen LogP contribution in [-0.4, -0.2) is 37.9 Å². The smallest absolute Gasteiger partial charge is 0.165 e. The van der Waals surface area contributed by atoms with Crippen LogP contribution in [0.4, 0.5) is 0 Å². The number of rotatable bonds is 3. The van der Waals surface area contributed by atoms with Gasteiger partial charge in [0, 0.05) is 30.6 Å². The highest BCUT2D eigenvalue weighted by molar-refractivity contribution is 5.55. The lowest BCUT2D eigenvalue weighted by Crippen LogP contribution is -2.41. The van der Waals surface area contributed by atoms with Crippen molar-refractivity contribution < 1.29 is 19.3 Å². The second-order valence-corrected chi connectivity index (χ2v) is 7.05. The van der Waals surface area contributed by atoms with Gasteiger partial charge in [0.2, 0.25) is 0 Å². The Morgan fingerprint density at radius 3 is 2.42 bits per heavy atom. The summed E-state index contributed by atoms with van der Waals surface area (Å²) >= 11 is 0. The van der Waals surface area contributed by atoms with Crippen LogP contribution in [0.1, 0.15) is 41.1 Å². The van der Waals surface area contributed by atoms with Gasteiger partial charge in [0.25, 0.3) is 0 Å². The van der Waals surface area contributed by atoms with Crippen molar-refractivity contribution in [2.24, 2.45) is 0 Å². The van der Waals surface area contributed by atoms with Crippen LogP contribution in [0.2, 0.25) is 0 Å². The molecule has 5 heteroatoms. The summed E-state index contributed by atoms with van der Waals surface area (Å²) in [5, 5.41) is 10.2. The first-order valence-electron chi connectivity index (χ1n) is 8.96. The van der Waals surface area contributed by atoms with Crippen molar-refractivity contribution in [2.45, 2.75) is 31.8 Å². The molecule has 0 radical (unpaired) electrons. The lowest BCUT2D eigenvalue weighted by Gasteiger charge is -2.45. The van der Waals surface area contributed by atoms with Crippen LogP contribution in [0, 0.1) is 0 Å². The zero-order chi connectivity index (χ0) is 18.4. The van der Waals surface area contributed by atoms with Crippen LogP contribution in [0.5, 0.6) is 23.0 Å². The van der Waals surface area contributed by atoms with Gasteiger partial charge in [-0.3, -0.25) is 4.90 Å². The molecular weight excluding hydrogens is 330 g/mol. The molecule has 0 amide bonds. The molecule has 0 saturated carbocycles. The van der Waals surface area contributed by atoms with Gasteiger partial charge in [0.05, 0.1) is 21.3 Å². The summed E-state index contributed by atoms with van der Waals surface area (Å²) in [4.78, 5) is 2.48. The molecule has 0 saturated heterocycles. The fourth-order valence-corrected chi connectivity index (χ4v) is 4.61. The Bertz CT molecular complexity index is 848. The normalized spacial score (nSPS) is 21.4. The van der Waals surface area contributed by atoms with Crippen LogP contribution >= 0.6 is 0 Å². The van der Waals surface area contributed by atoms with Gasteiger partial charge in [-0.2, -0.15) is 0 Å². The van der Waals surface area contributed by atoms with Crippen LogP contribution in [0.25, 0.3) is 0 Å². The summed E-state index contributed by atoms with van der Waals surface area (Å²) in [6.45, 7) is 3.99. The van der Waals surface area contributed by atoms with Crippen molar-refractivity contribution in [3.8, 4) is 23.0 Å². The fourth-order valence-electron chi connectivity index (χ4n) is 4.61. The van der Waals surface area contributed by atoms with E-state index in [0.29, 0.717) is 5.75 Å². The van der Waals surface area contributed by atoms with Gasteiger partial charge in [-0.05, 0) is 41.3 Å². The largest absolute Gasteiger partial charge is 0.504 e. The van der Waals surface area contributed by atoms with Crippen molar-refractivity contribution in [1.29, 1.82) is 0 Å². The van der Waals surface area contributed by atoms with Gasteiger partial charge in [-0.25, -0.2) is 0 Å². The van der Waals surface area contributed by atoms with Crippen molar-refractivity contribution in [3.05, 3.63) is 46.5 Å². The number of hydrogen-bond acceptors (Lipinski definition) is 5. The quantitative estimate of drug-likeness (QED) is 0.911. The van der Waals surface area contributed by atoms with E-state index in [0.717, 1.165) is 36.6 Å². The molecule has 2 aromatic carbocycles. The molecule has 4 rings (SSSR count). The summed E-state index contributed by atoms with van der Waals surface area (Å²) < 4.78 is 16.5. The molecule has 2 aromatic rings. The highest BCUT2D eigenvalue weighted by atomic mass is 16.5. The minimum atomic E-state index is 0.209. The van der Waals surface area contributed by atoms with E-state index in [-0.39, 0.29) is 17.7 Å². The Balaban J connectivity index is 1.83. The highest BCUT2D eigenvalue weighted by Crippen LogP contribution is 2.50. The molecule has 0 aromatic heterocycles. The number of nitrogens with zero attached hydrogens (tertiary/aromatic N) is 1.